The van der Waals surface area contributed by atoms with Gasteiger partial charge in [-0.15, -0.1) is 0 Å². The molecular formula is C16H24N2O. The highest BCUT2D eigenvalue weighted by atomic mass is 16.5. The van der Waals surface area contributed by atoms with Crippen molar-refractivity contribution in [1.82, 2.24) is 10.2 Å². The number of benzene rings is 1. The highest BCUT2D eigenvalue weighted by molar-refractivity contribution is 5.31. The minimum Gasteiger partial charge on any atom is -0.494 e. The van der Waals surface area contributed by atoms with Crippen molar-refractivity contribution in [1.29, 1.82) is 0 Å². The summed E-state index contributed by atoms with van der Waals surface area (Å²) in [6, 6.07) is 9.76. The largest absolute Gasteiger partial charge is 0.494 e. The van der Waals surface area contributed by atoms with Gasteiger partial charge in [-0.05, 0) is 44.0 Å². The van der Waals surface area contributed by atoms with E-state index in [2.05, 4.69) is 28.4 Å². The molecular weight excluding hydrogens is 236 g/mol. The maximum Gasteiger partial charge on any atom is 0.119 e. The molecule has 2 fully saturated rings. The van der Waals surface area contributed by atoms with E-state index in [1.54, 1.807) is 0 Å². The van der Waals surface area contributed by atoms with Gasteiger partial charge in [0.25, 0.3) is 0 Å². The smallest absolute Gasteiger partial charge is 0.119 e. The molecule has 1 aromatic carbocycles. The first-order valence-corrected chi connectivity index (χ1v) is 7.57. The summed E-state index contributed by atoms with van der Waals surface area (Å²) in [6.07, 6.45) is 4.12. The molecule has 3 rings (SSSR count). The van der Waals surface area contributed by atoms with Crippen LogP contribution in [0.2, 0.25) is 0 Å². The topological polar surface area (TPSA) is 24.5 Å². The molecule has 0 spiro atoms. The number of ether oxygens (including phenoxy) is 1. The van der Waals surface area contributed by atoms with E-state index in [9.17, 15) is 0 Å². The van der Waals surface area contributed by atoms with E-state index >= 15 is 0 Å². The van der Waals surface area contributed by atoms with Crippen molar-refractivity contribution in [2.24, 2.45) is 0 Å². The minimum absolute atomic E-state index is 0.453. The SMILES string of the molecule is CCOc1cccc(C2CN3CCCCC3CN2)c1. The zero-order valence-corrected chi connectivity index (χ0v) is 11.8. The number of piperidine rings is 1. The van der Waals surface area contributed by atoms with Gasteiger partial charge in [-0.2, -0.15) is 0 Å². The summed E-state index contributed by atoms with van der Waals surface area (Å²) in [7, 11) is 0. The van der Waals surface area contributed by atoms with Gasteiger partial charge in [-0.25, -0.2) is 0 Å². The van der Waals surface area contributed by atoms with Crippen LogP contribution in [-0.4, -0.2) is 37.2 Å². The van der Waals surface area contributed by atoms with Crippen molar-refractivity contribution in [3.63, 3.8) is 0 Å². The normalized spacial score (nSPS) is 27.8. The average molecular weight is 260 g/mol. The quantitative estimate of drug-likeness (QED) is 0.904. The molecule has 2 atom stereocenters. The number of hydrogen-bond donors (Lipinski definition) is 1. The van der Waals surface area contributed by atoms with Crippen molar-refractivity contribution in [2.75, 3.05) is 26.2 Å². The molecule has 19 heavy (non-hydrogen) atoms. The molecule has 2 heterocycles. The lowest BCUT2D eigenvalue weighted by Gasteiger charge is -2.43. The Bertz CT molecular complexity index is 421. The second kappa shape index (κ2) is 5.93. The molecule has 1 aromatic rings. The molecule has 0 aromatic heterocycles. The van der Waals surface area contributed by atoms with Crippen molar-refractivity contribution >= 4 is 0 Å². The van der Waals surface area contributed by atoms with Gasteiger partial charge >= 0.3 is 0 Å². The molecule has 0 saturated carbocycles. The van der Waals surface area contributed by atoms with Gasteiger partial charge in [0.15, 0.2) is 0 Å². The first-order valence-electron chi connectivity index (χ1n) is 7.57. The van der Waals surface area contributed by atoms with E-state index in [1.165, 1.54) is 31.4 Å². The Morgan fingerprint density at radius 2 is 2.32 bits per heavy atom. The Morgan fingerprint density at radius 1 is 1.37 bits per heavy atom. The highest BCUT2D eigenvalue weighted by Crippen LogP contribution is 2.27. The summed E-state index contributed by atoms with van der Waals surface area (Å²) in [4.78, 5) is 2.66. The Labute approximate surface area is 115 Å². The fourth-order valence-corrected chi connectivity index (χ4v) is 3.32. The second-order valence-electron chi connectivity index (χ2n) is 5.61. The van der Waals surface area contributed by atoms with Crippen LogP contribution in [0.3, 0.4) is 0 Å². The summed E-state index contributed by atoms with van der Waals surface area (Å²) in [5.74, 6) is 0.988. The number of fused-ring (bicyclic) bond motifs is 1. The lowest BCUT2D eigenvalue weighted by atomic mass is 9.95. The Kier molecular flexibility index (Phi) is 4.04. The Hall–Kier alpha value is -1.06. The highest BCUT2D eigenvalue weighted by Gasteiger charge is 2.30. The molecule has 0 radical (unpaired) electrons. The number of nitrogens with one attached hydrogen (secondary N) is 1. The number of nitrogens with zero attached hydrogens (tertiary/aromatic N) is 1. The van der Waals surface area contributed by atoms with Gasteiger partial charge in [0, 0.05) is 25.2 Å². The minimum atomic E-state index is 0.453. The fraction of sp³-hybridized carbons (Fsp3) is 0.625. The van der Waals surface area contributed by atoms with Gasteiger partial charge in [0.2, 0.25) is 0 Å². The summed E-state index contributed by atoms with van der Waals surface area (Å²) in [6.45, 7) is 6.30. The molecule has 1 N–H and O–H groups in total. The van der Waals surface area contributed by atoms with Crippen molar-refractivity contribution in [3.05, 3.63) is 29.8 Å². The third kappa shape index (κ3) is 2.93. The van der Waals surface area contributed by atoms with Crippen LogP contribution in [0.4, 0.5) is 0 Å². The molecule has 3 nitrogen and oxygen atoms in total. The third-order valence-corrected chi connectivity index (χ3v) is 4.34. The molecule has 0 bridgehead atoms. The first kappa shape index (κ1) is 12.9. The van der Waals surface area contributed by atoms with Crippen molar-refractivity contribution in [3.8, 4) is 5.75 Å². The predicted octanol–water partition coefficient (Wildman–Crippen LogP) is 2.58. The lowest BCUT2D eigenvalue weighted by molar-refractivity contribution is 0.0950. The Balaban J connectivity index is 1.70. The number of hydrogen-bond acceptors (Lipinski definition) is 3. The number of rotatable bonds is 3. The molecule has 2 aliphatic rings. The van der Waals surface area contributed by atoms with Crippen LogP contribution >= 0.6 is 0 Å². The van der Waals surface area contributed by atoms with Gasteiger partial charge in [-0.1, -0.05) is 18.6 Å². The van der Waals surface area contributed by atoms with Crippen LogP contribution in [-0.2, 0) is 0 Å². The zero-order valence-electron chi connectivity index (χ0n) is 11.8. The standard InChI is InChI=1S/C16H24N2O/c1-2-19-15-8-5-6-13(10-15)16-12-18-9-4-3-7-14(18)11-17-16/h5-6,8,10,14,16-17H,2-4,7,9,11-12H2,1H3. The van der Waals surface area contributed by atoms with Crippen LogP contribution in [0.25, 0.3) is 0 Å². The van der Waals surface area contributed by atoms with Crippen molar-refractivity contribution in [2.45, 2.75) is 38.3 Å². The molecule has 3 heteroatoms. The van der Waals surface area contributed by atoms with Crippen LogP contribution in [0.5, 0.6) is 5.75 Å². The van der Waals surface area contributed by atoms with E-state index in [0.29, 0.717) is 6.04 Å². The van der Waals surface area contributed by atoms with Gasteiger partial charge in [0.1, 0.15) is 5.75 Å². The monoisotopic (exact) mass is 260 g/mol. The van der Waals surface area contributed by atoms with E-state index in [0.717, 1.165) is 31.5 Å². The summed E-state index contributed by atoms with van der Waals surface area (Å²) in [5.41, 5.74) is 1.36. The van der Waals surface area contributed by atoms with E-state index < -0.39 is 0 Å². The summed E-state index contributed by atoms with van der Waals surface area (Å²) in [5, 5.41) is 3.71. The van der Waals surface area contributed by atoms with Gasteiger partial charge in [0.05, 0.1) is 6.61 Å². The number of piperazine rings is 1. The molecule has 0 aliphatic carbocycles. The van der Waals surface area contributed by atoms with E-state index in [-0.39, 0.29) is 0 Å². The Morgan fingerprint density at radius 3 is 3.21 bits per heavy atom. The van der Waals surface area contributed by atoms with Crippen LogP contribution in [0.1, 0.15) is 37.8 Å². The van der Waals surface area contributed by atoms with Crippen LogP contribution < -0.4 is 10.1 Å². The maximum atomic E-state index is 5.60. The summed E-state index contributed by atoms with van der Waals surface area (Å²) < 4.78 is 5.60. The van der Waals surface area contributed by atoms with Gasteiger partial charge < -0.3 is 10.1 Å². The molecule has 0 amide bonds. The molecule has 2 aliphatic heterocycles. The summed E-state index contributed by atoms with van der Waals surface area (Å²) >= 11 is 0. The van der Waals surface area contributed by atoms with Crippen LogP contribution in [0.15, 0.2) is 24.3 Å². The zero-order chi connectivity index (χ0) is 13.1. The van der Waals surface area contributed by atoms with Crippen LogP contribution in [0, 0.1) is 0 Å². The van der Waals surface area contributed by atoms with Gasteiger partial charge in [-0.3, -0.25) is 4.90 Å². The fourth-order valence-electron chi connectivity index (χ4n) is 3.32. The molecule has 104 valence electrons. The third-order valence-electron chi connectivity index (χ3n) is 4.34. The molecule has 2 saturated heterocycles. The lowest BCUT2D eigenvalue weighted by Crippen LogP contribution is -2.54. The van der Waals surface area contributed by atoms with Crippen molar-refractivity contribution < 1.29 is 4.74 Å². The molecule has 2 unspecified atom stereocenters. The predicted molar refractivity (Wildman–Crippen MR) is 77.6 cm³/mol. The average Bonchev–Trinajstić information content (AvgIpc) is 2.47. The maximum absolute atomic E-state index is 5.60. The van der Waals surface area contributed by atoms with E-state index in [4.69, 9.17) is 4.74 Å². The first-order chi connectivity index (χ1) is 9.36. The second-order valence-corrected chi connectivity index (χ2v) is 5.61. The van der Waals surface area contributed by atoms with E-state index in [1.807, 2.05) is 13.0 Å².